The lowest BCUT2D eigenvalue weighted by Gasteiger charge is -2.32. The fourth-order valence-corrected chi connectivity index (χ4v) is 3.23. The van der Waals surface area contributed by atoms with Crippen LogP contribution in [0.5, 0.6) is 0 Å². The van der Waals surface area contributed by atoms with Gasteiger partial charge in [0, 0.05) is 25.2 Å². The normalized spacial score (nSPS) is 18.9. The number of hydrogen-bond donors (Lipinski definition) is 1. The van der Waals surface area contributed by atoms with Gasteiger partial charge in [-0.05, 0) is 44.2 Å². The van der Waals surface area contributed by atoms with Gasteiger partial charge in [-0.25, -0.2) is 0 Å². The summed E-state index contributed by atoms with van der Waals surface area (Å²) in [7, 11) is 0. The van der Waals surface area contributed by atoms with Crippen LogP contribution in [0, 0.1) is 16.0 Å². The zero-order valence-electron chi connectivity index (χ0n) is 12.8. The van der Waals surface area contributed by atoms with Gasteiger partial charge in [0.2, 0.25) is 0 Å². The van der Waals surface area contributed by atoms with Crippen LogP contribution in [0.2, 0.25) is 5.02 Å². The Morgan fingerprint density at radius 3 is 2.61 bits per heavy atom. The molecule has 0 spiro atoms. The number of amides is 1. The van der Waals surface area contributed by atoms with Crippen molar-refractivity contribution < 1.29 is 9.72 Å². The Hall–Kier alpha value is -1.66. The fourth-order valence-electron chi connectivity index (χ4n) is 2.98. The highest BCUT2D eigenvalue weighted by Crippen LogP contribution is 2.30. The van der Waals surface area contributed by atoms with Crippen molar-refractivity contribution in [1.29, 1.82) is 0 Å². The molecule has 124 valence electrons. The summed E-state index contributed by atoms with van der Waals surface area (Å²) in [5.41, 5.74) is -0.222. The van der Waals surface area contributed by atoms with Gasteiger partial charge in [0.25, 0.3) is 11.6 Å². The maximum Gasteiger partial charge on any atom is 0.283 e. The van der Waals surface area contributed by atoms with Crippen molar-refractivity contribution in [2.45, 2.75) is 31.7 Å². The summed E-state index contributed by atoms with van der Waals surface area (Å²) < 4.78 is 0. The Morgan fingerprint density at radius 1 is 1.30 bits per heavy atom. The number of nitrogens with zero attached hydrogens (tertiary/aromatic N) is 2. The summed E-state index contributed by atoms with van der Waals surface area (Å²) in [5.74, 6) is 0.489. The van der Waals surface area contributed by atoms with Gasteiger partial charge >= 0.3 is 0 Å². The molecule has 1 aromatic rings. The summed E-state index contributed by atoms with van der Waals surface area (Å²) >= 11 is 6.04. The van der Waals surface area contributed by atoms with Gasteiger partial charge in [-0.2, -0.15) is 0 Å². The van der Waals surface area contributed by atoms with E-state index < -0.39 is 4.92 Å². The first-order valence-corrected chi connectivity index (χ1v) is 8.39. The van der Waals surface area contributed by atoms with E-state index in [2.05, 4.69) is 5.32 Å². The number of nitrogens with one attached hydrogen (secondary N) is 1. The second kappa shape index (κ2) is 6.84. The molecule has 0 aromatic heterocycles. The summed E-state index contributed by atoms with van der Waals surface area (Å²) in [6.45, 7) is 2.27. The largest absolute Gasteiger partial charge is 0.338 e. The molecule has 1 aliphatic carbocycles. The van der Waals surface area contributed by atoms with E-state index in [1.165, 1.54) is 31.0 Å². The van der Waals surface area contributed by atoms with Crippen LogP contribution in [0.4, 0.5) is 5.69 Å². The second-order valence-electron chi connectivity index (χ2n) is 6.31. The minimum absolute atomic E-state index is 0.00329. The summed E-state index contributed by atoms with van der Waals surface area (Å²) in [4.78, 5) is 24.9. The average Bonchev–Trinajstić information content (AvgIpc) is 3.37. The smallest absolute Gasteiger partial charge is 0.283 e. The number of halogens is 1. The minimum Gasteiger partial charge on any atom is -0.338 e. The van der Waals surface area contributed by atoms with Crippen LogP contribution >= 0.6 is 11.6 Å². The molecule has 1 heterocycles. The molecule has 1 saturated carbocycles. The molecule has 23 heavy (non-hydrogen) atoms. The zero-order chi connectivity index (χ0) is 16.4. The van der Waals surface area contributed by atoms with Crippen LogP contribution < -0.4 is 5.32 Å². The molecule has 7 heteroatoms. The molecule has 1 aromatic carbocycles. The fraction of sp³-hybridized carbons (Fsp3) is 0.562. The Kier molecular flexibility index (Phi) is 4.82. The number of carbonyl (C=O) groups is 1. The molecule has 1 amide bonds. The summed E-state index contributed by atoms with van der Waals surface area (Å²) in [5, 5.41) is 14.8. The first-order chi connectivity index (χ1) is 11.1. The molecule has 2 aliphatic rings. The highest BCUT2D eigenvalue weighted by Gasteiger charge is 2.30. The lowest BCUT2D eigenvalue weighted by molar-refractivity contribution is -0.385. The molecule has 0 unspecified atom stereocenters. The van der Waals surface area contributed by atoms with Crippen molar-refractivity contribution in [3.63, 3.8) is 0 Å². The predicted octanol–water partition coefficient (Wildman–Crippen LogP) is 2.85. The molecule has 0 bridgehead atoms. The summed E-state index contributed by atoms with van der Waals surface area (Å²) in [6.07, 6.45) is 4.38. The molecular formula is C16H20ClN3O3. The maximum absolute atomic E-state index is 12.6. The van der Waals surface area contributed by atoms with Gasteiger partial charge in [0.1, 0.15) is 5.56 Å². The van der Waals surface area contributed by atoms with E-state index in [4.69, 9.17) is 11.6 Å². The Bertz CT molecular complexity index is 611. The van der Waals surface area contributed by atoms with E-state index in [1.807, 2.05) is 0 Å². The van der Waals surface area contributed by atoms with Crippen LogP contribution in [0.25, 0.3) is 0 Å². The van der Waals surface area contributed by atoms with Crippen LogP contribution in [0.3, 0.4) is 0 Å². The highest BCUT2D eigenvalue weighted by atomic mass is 35.5. The Balaban J connectivity index is 1.64. The van der Waals surface area contributed by atoms with Gasteiger partial charge in [-0.1, -0.05) is 17.7 Å². The molecule has 1 aliphatic heterocycles. The van der Waals surface area contributed by atoms with Gasteiger partial charge in [0.05, 0.1) is 9.95 Å². The van der Waals surface area contributed by atoms with Crippen molar-refractivity contribution in [2.75, 3.05) is 19.6 Å². The molecule has 1 saturated heterocycles. The van der Waals surface area contributed by atoms with E-state index >= 15 is 0 Å². The third kappa shape index (κ3) is 3.82. The number of hydrogen-bond acceptors (Lipinski definition) is 4. The van der Waals surface area contributed by atoms with E-state index in [1.54, 1.807) is 4.90 Å². The van der Waals surface area contributed by atoms with E-state index in [-0.39, 0.29) is 22.2 Å². The highest BCUT2D eigenvalue weighted by molar-refractivity contribution is 6.34. The lowest BCUT2D eigenvalue weighted by atomic mass is 10.0. The number of rotatable bonds is 5. The van der Waals surface area contributed by atoms with Crippen molar-refractivity contribution in [3.05, 3.63) is 38.9 Å². The molecule has 6 nitrogen and oxygen atoms in total. The SMILES string of the molecule is O=C(c1c(Cl)cccc1[N+](=O)[O-])N1CCC(NCC2CC2)CC1. The van der Waals surface area contributed by atoms with Crippen LogP contribution in [-0.4, -0.2) is 41.4 Å². The Labute approximate surface area is 139 Å². The number of likely N-dealkylation sites (tertiary alicyclic amines) is 1. The van der Waals surface area contributed by atoms with E-state index in [9.17, 15) is 14.9 Å². The van der Waals surface area contributed by atoms with Crippen molar-refractivity contribution in [3.8, 4) is 0 Å². The van der Waals surface area contributed by atoms with Gasteiger partial charge in [-0.3, -0.25) is 14.9 Å². The number of nitro groups is 1. The first-order valence-electron chi connectivity index (χ1n) is 8.02. The molecule has 1 N–H and O–H groups in total. The topological polar surface area (TPSA) is 75.5 Å². The van der Waals surface area contributed by atoms with Crippen molar-refractivity contribution in [1.82, 2.24) is 10.2 Å². The van der Waals surface area contributed by atoms with E-state index in [0.717, 1.165) is 25.3 Å². The molecular weight excluding hydrogens is 318 g/mol. The number of nitro benzene ring substituents is 1. The standard InChI is InChI=1S/C16H20ClN3O3/c17-13-2-1-3-14(20(22)23)15(13)16(21)19-8-6-12(7-9-19)18-10-11-4-5-11/h1-3,11-12,18H,4-10H2. The maximum atomic E-state index is 12.6. The molecule has 2 fully saturated rings. The third-order valence-corrected chi connectivity index (χ3v) is 4.89. The van der Waals surface area contributed by atoms with Crippen LogP contribution in [0.1, 0.15) is 36.0 Å². The minimum atomic E-state index is -0.553. The molecule has 0 atom stereocenters. The van der Waals surface area contributed by atoms with Crippen LogP contribution in [0.15, 0.2) is 18.2 Å². The Morgan fingerprint density at radius 2 is 2.00 bits per heavy atom. The second-order valence-corrected chi connectivity index (χ2v) is 6.72. The van der Waals surface area contributed by atoms with Gasteiger partial charge in [0.15, 0.2) is 0 Å². The quantitative estimate of drug-likeness (QED) is 0.662. The summed E-state index contributed by atoms with van der Waals surface area (Å²) in [6, 6.07) is 4.76. The molecule has 0 radical (unpaired) electrons. The third-order valence-electron chi connectivity index (χ3n) is 4.58. The van der Waals surface area contributed by atoms with Crippen molar-refractivity contribution in [2.24, 2.45) is 5.92 Å². The van der Waals surface area contributed by atoms with Crippen LogP contribution in [-0.2, 0) is 0 Å². The first kappa shape index (κ1) is 16.2. The van der Waals surface area contributed by atoms with Gasteiger partial charge < -0.3 is 10.2 Å². The average molecular weight is 338 g/mol. The number of carbonyl (C=O) groups excluding carboxylic acids is 1. The molecule has 3 rings (SSSR count). The lowest BCUT2D eigenvalue weighted by Crippen LogP contribution is -2.45. The monoisotopic (exact) mass is 337 g/mol. The number of piperidine rings is 1. The van der Waals surface area contributed by atoms with Crippen molar-refractivity contribution >= 4 is 23.2 Å². The predicted molar refractivity (Wildman–Crippen MR) is 87.8 cm³/mol. The zero-order valence-corrected chi connectivity index (χ0v) is 13.6. The van der Waals surface area contributed by atoms with Gasteiger partial charge in [-0.15, -0.1) is 0 Å². The number of benzene rings is 1. The van der Waals surface area contributed by atoms with E-state index in [0.29, 0.717) is 19.1 Å².